The lowest BCUT2D eigenvalue weighted by Gasteiger charge is -2.24. The summed E-state index contributed by atoms with van der Waals surface area (Å²) in [5.74, 6) is 0.869. The first-order valence-corrected chi connectivity index (χ1v) is 9.08. The summed E-state index contributed by atoms with van der Waals surface area (Å²) in [5.41, 5.74) is 3.19. The predicted octanol–water partition coefficient (Wildman–Crippen LogP) is 3.70. The highest BCUT2D eigenvalue weighted by atomic mass is 127. The van der Waals surface area contributed by atoms with Gasteiger partial charge in [-0.05, 0) is 23.6 Å². The van der Waals surface area contributed by atoms with E-state index in [4.69, 9.17) is 4.74 Å². The Bertz CT molecular complexity index is 760. The van der Waals surface area contributed by atoms with Crippen molar-refractivity contribution in [2.24, 2.45) is 12.0 Å². The molecule has 0 radical (unpaired) electrons. The quantitative estimate of drug-likeness (QED) is 0.356. The summed E-state index contributed by atoms with van der Waals surface area (Å²) < 4.78 is 20.5. The Morgan fingerprint density at radius 2 is 1.96 bits per heavy atom. The van der Waals surface area contributed by atoms with Gasteiger partial charge in [0, 0.05) is 53.1 Å². The summed E-state index contributed by atoms with van der Waals surface area (Å²) in [7, 11) is 7.33. The molecule has 0 saturated carbocycles. The van der Waals surface area contributed by atoms with Crippen molar-refractivity contribution < 1.29 is 9.13 Å². The Morgan fingerprint density at radius 1 is 1.32 bits per heavy atom. The second kappa shape index (κ2) is 11.4. The highest BCUT2D eigenvalue weighted by molar-refractivity contribution is 14.0. The Labute approximate surface area is 184 Å². The lowest BCUT2D eigenvalue weighted by atomic mass is 10.1. The number of ether oxygens (including phenoxy) is 1. The lowest BCUT2D eigenvalue weighted by Crippen LogP contribution is -2.40. The molecule has 28 heavy (non-hydrogen) atoms. The number of aromatic nitrogens is 2. The molecule has 2 rings (SSSR count). The molecule has 8 heteroatoms. The lowest BCUT2D eigenvalue weighted by molar-refractivity contribution is 0.106. The SMILES string of the molecule is CN=C(NCC(OC)c1ccc(F)cc1)N(C)Cc1cn(C)nc1C(C)C.I. The second-order valence-electron chi connectivity index (χ2n) is 6.93. The number of methoxy groups -OCH3 is 1. The van der Waals surface area contributed by atoms with Crippen molar-refractivity contribution in [1.29, 1.82) is 0 Å². The number of benzene rings is 1. The zero-order chi connectivity index (χ0) is 20.0. The van der Waals surface area contributed by atoms with Crippen molar-refractivity contribution >= 4 is 29.9 Å². The highest BCUT2D eigenvalue weighted by Gasteiger charge is 2.17. The van der Waals surface area contributed by atoms with Crippen LogP contribution in [0.3, 0.4) is 0 Å². The van der Waals surface area contributed by atoms with Crippen LogP contribution in [0.15, 0.2) is 35.5 Å². The van der Waals surface area contributed by atoms with Crippen LogP contribution >= 0.6 is 24.0 Å². The van der Waals surface area contributed by atoms with Gasteiger partial charge in [-0.25, -0.2) is 4.39 Å². The molecule has 0 saturated heterocycles. The Balaban J connectivity index is 0.00000392. The molecule has 0 bridgehead atoms. The van der Waals surface area contributed by atoms with E-state index in [0.717, 1.165) is 17.2 Å². The third kappa shape index (κ3) is 6.44. The van der Waals surface area contributed by atoms with E-state index < -0.39 is 0 Å². The molecule has 0 aliphatic rings. The maximum Gasteiger partial charge on any atom is 0.193 e. The van der Waals surface area contributed by atoms with Crippen LogP contribution in [0.4, 0.5) is 4.39 Å². The maximum atomic E-state index is 13.1. The average Bonchev–Trinajstić information content (AvgIpc) is 3.00. The number of rotatable bonds is 7. The third-order valence-corrected chi connectivity index (χ3v) is 4.44. The van der Waals surface area contributed by atoms with E-state index in [1.165, 1.54) is 17.7 Å². The van der Waals surface area contributed by atoms with Gasteiger partial charge >= 0.3 is 0 Å². The Kier molecular flexibility index (Phi) is 9.88. The number of aliphatic imine (C=N–C) groups is 1. The molecule has 156 valence electrons. The topological polar surface area (TPSA) is 54.7 Å². The highest BCUT2D eigenvalue weighted by Crippen LogP contribution is 2.19. The fraction of sp³-hybridized carbons (Fsp3) is 0.500. The molecule has 1 atom stereocenters. The number of aryl methyl sites for hydroxylation is 1. The molecule has 0 fully saturated rings. The first-order valence-electron chi connectivity index (χ1n) is 9.08. The van der Waals surface area contributed by atoms with Crippen LogP contribution in [0, 0.1) is 5.82 Å². The molecule has 1 aromatic carbocycles. The molecule has 0 spiro atoms. The van der Waals surface area contributed by atoms with Crippen molar-refractivity contribution in [1.82, 2.24) is 20.0 Å². The molecular weight excluding hydrogens is 472 g/mol. The fourth-order valence-electron chi connectivity index (χ4n) is 3.08. The van der Waals surface area contributed by atoms with Gasteiger partial charge in [-0.15, -0.1) is 24.0 Å². The zero-order valence-corrected chi connectivity index (χ0v) is 19.8. The largest absolute Gasteiger partial charge is 0.375 e. The normalized spacial score (nSPS) is 12.6. The van der Waals surface area contributed by atoms with E-state index in [1.54, 1.807) is 26.3 Å². The minimum Gasteiger partial charge on any atom is -0.375 e. The smallest absolute Gasteiger partial charge is 0.193 e. The number of nitrogens with one attached hydrogen (secondary N) is 1. The summed E-state index contributed by atoms with van der Waals surface area (Å²) in [5, 5.41) is 7.90. The standard InChI is InChI=1S/C20H30FN5O.HI/c1-14(2)19-16(13-26(5)24-19)12-25(4)20(22-3)23-11-18(27-6)15-7-9-17(21)10-8-15;/h7-10,13-14,18H,11-12H2,1-6H3,(H,22,23);1H. The molecule has 0 aliphatic heterocycles. The second-order valence-corrected chi connectivity index (χ2v) is 6.93. The van der Waals surface area contributed by atoms with E-state index in [1.807, 2.05) is 18.8 Å². The van der Waals surface area contributed by atoms with Crippen molar-refractivity contribution in [3.8, 4) is 0 Å². The van der Waals surface area contributed by atoms with Gasteiger partial charge in [-0.2, -0.15) is 5.10 Å². The number of hydrogen-bond donors (Lipinski definition) is 1. The summed E-state index contributed by atoms with van der Waals surface area (Å²) >= 11 is 0. The Hall–Kier alpha value is -1.68. The van der Waals surface area contributed by atoms with Crippen molar-refractivity contribution in [3.05, 3.63) is 53.1 Å². The summed E-state index contributed by atoms with van der Waals surface area (Å²) in [6, 6.07) is 6.36. The minimum absolute atomic E-state index is 0. The van der Waals surface area contributed by atoms with Gasteiger partial charge < -0.3 is 15.0 Å². The first-order chi connectivity index (χ1) is 12.8. The number of hydrogen-bond acceptors (Lipinski definition) is 3. The molecule has 1 unspecified atom stereocenters. The monoisotopic (exact) mass is 503 g/mol. The van der Waals surface area contributed by atoms with Gasteiger partial charge in [0.25, 0.3) is 0 Å². The molecule has 1 aromatic heterocycles. The summed E-state index contributed by atoms with van der Waals surface area (Å²) in [6.07, 6.45) is 1.86. The van der Waals surface area contributed by atoms with Crippen LogP contribution < -0.4 is 5.32 Å². The van der Waals surface area contributed by atoms with Crippen LogP contribution in [0.2, 0.25) is 0 Å². The van der Waals surface area contributed by atoms with Crippen LogP contribution in [-0.2, 0) is 18.3 Å². The van der Waals surface area contributed by atoms with Crippen molar-refractivity contribution in [2.45, 2.75) is 32.4 Å². The van der Waals surface area contributed by atoms with Crippen molar-refractivity contribution in [3.63, 3.8) is 0 Å². The number of nitrogens with zero attached hydrogens (tertiary/aromatic N) is 4. The van der Waals surface area contributed by atoms with Crippen LogP contribution in [0.5, 0.6) is 0 Å². The van der Waals surface area contributed by atoms with E-state index >= 15 is 0 Å². The average molecular weight is 503 g/mol. The van der Waals surface area contributed by atoms with Gasteiger partial charge in [0.15, 0.2) is 5.96 Å². The van der Waals surface area contributed by atoms with Gasteiger partial charge in [-0.1, -0.05) is 26.0 Å². The van der Waals surface area contributed by atoms with Gasteiger partial charge in [-0.3, -0.25) is 9.67 Å². The molecular formula is C20H31FIN5O. The first kappa shape index (κ1) is 24.4. The Morgan fingerprint density at radius 3 is 2.50 bits per heavy atom. The van der Waals surface area contributed by atoms with Crippen LogP contribution in [0.1, 0.15) is 42.7 Å². The summed E-state index contributed by atoms with van der Waals surface area (Å²) in [6.45, 7) is 5.52. The molecule has 1 heterocycles. The molecule has 0 amide bonds. The molecule has 0 aliphatic carbocycles. The maximum absolute atomic E-state index is 13.1. The van der Waals surface area contributed by atoms with E-state index in [9.17, 15) is 4.39 Å². The zero-order valence-electron chi connectivity index (χ0n) is 17.4. The molecule has 1 N–H and O–H groups in total. The van der Waals surface area contributed by atoms with Crippen LogP contribution in [0.25, 0.3) is 0 Å². The van der Waals surface area contributed by atoms with Gasteiger partial charge in [0.2, 0.25) is 0 Å². The van der Waals surface area contributed by atoms with E-state index in [2.05, 4.69) is 40.4 Å². The fourth-order valence-corrected chi connectivity index (χ4v) is 3.08. The van der Waals surface area contributed by atoms with Crippen LogP contribution in [-0.4, -0.2) is 48.4 Å². The predicted molar refractivity (Wildman–Crippen MR) is 122 cm³/mol. The molecule has 2 aromatic rings. The number of halogens is 2. The molecule has 6 nitrogen and oxygen atoms in total. The number of guanidine groups is 1. The third-order valence-electron chi connectivity index (χ3n) is 4.44. The van der Waals surface area contributed by atoms with E-state index in [0.29, 0.717) is 19.0 Å². The minimum atomic E-state index is -0.255. The van der Waals surface area contributed by atoms with Gasteiger partial charge in [0.1, 0.15) is 5.82 Å². The van der Waals surface area contributed by atoms with Crippen molar-refractivity contribution in [2.75, 3.05) is 27.7 Å². The summed E-state index contributed by atoms with van der Waals surface area (Å²) in [4.78, 5) is 6.42. The van der Waals surface area contributed by atoms with E-state index in [-0.39, 0.29) is 35.9 Å². The van der Waals surface area contributed by atoms with Gasteiger partial charge in [0.05, 0.1) is 11.8 Å².